The molecule has 6 nitrogen and oxygen atoms in total. The van der Waals surface area contributed by atoms with Gasteiger partial charge in [0.25, 0.3) is 0 Å². The Morgan fingerprint density at radius 3 is 1.92 bits per heavy atom. The molecule has 0 aliphatic carbocycles. The first-order valence-electron chi connectivity index (χ1n) is 12.7. The van der Waals surface area contributed by atoms with Crippen LogP contribution in [-0.4, -0.2) is 30.6 Å². The highest BCUT2D eigenvalue weighted by molar-refractivity contribution is 5.75. The molecule has 4 aromatic rings. The third-order valence-electron chi connectivity index (χ3n) is 7.25. The summed E-state index contributed by atoms with van der Waals surface area (Å²) in [5.74, 6) is 0.0449. The lowest BCUT2D eigenvalue weighted by molar-refractivity contribution is -0.149. The summed E-state index contributed by atoms with van der Waals surface area (Å²) in [4.78, 5) is 12.9. The molecule has 0 bridgehead atoms. The maximum absolute atomic E-state index is 12.9. The van der Waals surface area contributed by atoms with E-state index in [-0.39, 0.29) is 13.4 Å². The molecule has 6 rings (SSSR count). The van der Waals surface area contributed by atoms with E-state index in [0.717, 1.165) is 16.7 Å². The number of cyclic esters (lactones) is 1. The largest absolute Gasteiger partial charge is 0.460 e. The van der Waals surface area contributed by atoms with Crippen molar-refractivity contribution in [2.45, 2.75) is 24.2 Å². The predicted molar refractivity (Wildman–Crippen MR) is 141 cm³/mol. The molecule has 0 saturated carbocycles. The lowest BCUT2D eigenvalue weighted by Crippen LogP contribution is -2.35. The first kappa shape index (κ1) is 24.2. The maximum atomic E-state index is 12.9. The Labute approximate surface area is 221 Å². The van der Waals surface area contributed by atoms with Gasteiger partial charge >= 0.3 is 5.97 Å². The van der Waals surface area contributed by atoms with Gasteiger partial charge < -0.3 is 24.1 Å². The molecule has 0 aromatic heterocycles. The van der Waals surface area contributed by atoms with Crippen LogP contribution in [0.2, 0.25) is 0 Å². The van der Waals surface area contributed by atoms with E-state index in [0.29, 0.717) is 23.5 Å². The summed E-state index contributed by atoms with van der Waals surface area (Å²) in [6.07, 6.45) is -1.20. The van der Waals surface area contributed by atoms with Crippen LogP contribution >= 0.6 is 0 Å². The van der Waals surface area contributed by atoms with Gasteiger partial charge in [-0.2, -0.15) is 0 Å². The zero-order valence-electron chi connectivity index (χ0n) is 20.7. The molecule has 2 aliphatic heterocycles. The molecule has 3 atom stereocenters. The molecule has 1 saturated heterocycles. The monoisotopic (exact) mass is 508 g/mol. The van der Waals surface area contributed by atoms with E-state index in [9.17, 15) is 9.90 Å². The second-order valence-corrected chi connectivity index (χ2v) is 9.55. The summed E-state index contributed by atoms with van der Waals surface area (Å²) in [5, 5.41) is 11.1. The van der Waals surface area contributed by atoms with Crippen molar-refractivity contribution in [3.63, 3.8) is 0 Å². The highest BCUT2D eigenvalue weighted by atomic mass is 16.7. The number of hydrogen-bond donors (Lipinski definition) is 1. The van der Waals surface area contributed by atoms with Crippen molar-refractivity contribution in [1.29, 1.82) is 0 Å². The molecule has 4 aromatic carbocycles. The Morgan fingerprint density at radius 2 is 1.34 bits per heavy atom. The molecule has 6 heteroatoms. The topological polar surface area (TPSA) is 74.2 Å². The van der Waals surface area contributed by atoms with Gasteiger partial charge in [-0.15, -0.1) is 0 Å². The van der Waals surface area contributed by atoms with Crippen molar-refractivity contribution in [3.8, 4) is 11.5 Å². The van der Waals surface area contributed by atoms with Crippen LogP contribution in [0.1, 0.15) is 34.8 Å². The van der Waals surface area contributed by atoms with E-state index in [1.807, 2.05) is 91.0 Å². The second-order valence-electron chi connectivity index (χ2n) is 9.55. The van der Waals surface area contributed by atoms with Crippen LogP contribution in [0.15, 0.2) is 109 Å². The van der Waals surface area contributed by atoms with Crippen LogP contribution in [0.3, 0.4) is 0 Å². The molecule has 2 heterocycles. The molecule has 0 radical (unpaired) electrons. The molecule has 0 unspecified atom stereocenters. The van der Waals surface area contributed by atoms with Gasteiger partial charge in [0.15, 0.2) is 11.5 Å². The highest BCUT2D eigenvalue weighted by Crippen LogP contribution is 2.42. The van der Waals surface area contributed by atoms with E-state index in [1.54, 1.807) is 18.2 Å². The van der Waals surface area contributed by atoms with Crippen LogP contribution in [0.5, 0.6) is 11.5 Å². The Balaban J connectivity index is 1.28. The van der Waals surface area contributed by atoms with Gasteiger partial charge in [0.1, 0.15) is 11.7 Å². The molecular weight excluding hydrogens is 480 g/mol. The molecule has 2 aliphatic rings. The predicted octanol–water partition coefficient (Wildman–Crippen LogP) is 5.39. The van der Waals surface area contributed by atoms with Crippen molar-refractivity contribution >= 4 is 5.97 Å². The third kappa shape index (κ3) is 4.42. The van der Waals surface area contributed by atoms with Gasteiger partial charge in [0, 0.05) is 6.42 Å². The number of esters is 1. The summed E-state index contributed by atoms with van der Waals surface area (Å²) in [5.41, 5.74) is 2.59. The van der Waals surface area contributed by atoms with E-state index in [2.05, 4.69) is 0 Å². The number of carbonyl (C=O) groups is 1. The van der Waals surface area contributed by atoms with Gasteiger partial charge in [-0.3, -0.25) is 4.79 Å². The second kappa shape index (κ2) is 10.3. The third-order valence-corrected chi connectivity index (χ3v) is 7.25. The first-order chi connectivity index (χ1) is 18.6. The molecule has 38 heavy (non-hydrogen) atoms. The van der Waals surface area contributed by atoms with Crippen LogP contribution in [0, 0.1) is 5.92 Å². The van der Waals surface area contributed by atoms with Crippen molar-refractivity contribution < 1.29 is 28.8 Å². The number of rotatable bonds is 8. The normalized spacial score (nSPS) is 19.2. The Kier molecular flexibility index (Phi) is 6.58. The number of fused-ring (bicyclic) bond motifs is 1. The minimum absolute atomic E-state index is 0.145. The Bertz CT molecular complexity index is 1290. The summed E-state index contributed by atoms with van der Waals surface area (Å²) in [6.45, 7) is 0.306. The number of aliphatic hydroxyl groups is 1. The van der Waals surface area contributed by atoms with Crippen LogP contribution in [0.4, 0.5) is 0 Å². The molecular formula is C32H28O6. The first-order valence-corrected chi connectivity index (χ1v) is 12.7. The van der Waals surface area contributed by atoms with Crippen molar-refractivity contribution in [1.82, 2.24) is 0 Å². The molecule has 0 spiro atoms. The Morgan fingerprint density at radius 1 is 0.789 bits per heavy atom. The van der Waals surface area contributed by atoms with Crippen molar-refractivity contribution in [2.75, 3.05) is 13.4 Å². The van der Waals surface area contributed by atoms with E-state index >= 15 is 0 Å². The molecule has 192 valence electrons. The van der Waals surface area contributed by atoms with Gasteiger partial charge in [0.2, 0.25) is 6.79 Å². The average Bonchev–Trinajstić information content (AvgIpc) is 3.60. The summed E-state index contributed by atoms with van der Waals surface area (Å²) in [7, 11) is 0. The molecule has 1 fully saturated rings. The van der Waals surface area contributed by atoms with Gasteiger partial charge in [-0.25, -0.2) is 0 Å². The fourth-order valence-corrected chi connectivity index (χ4v) is 5.36. The number of ether oxygens (including phenoxy) is 4. The standard InChI is InChI=1S/C32H28O6/c33-30(22-16-17-28-29(18-22)36-21-35-28)27-19-26(38-31(27)34)20-37-32(23-10-4-1-5-11-23,24-12-6-2-7-13-24)25-14-8-3-9-15-25/h1-18,26-27,30,33H,19-21H2/t26-,27-,30+/m0/s1. The van der Waals surface area contributed by atoms with Crippen LogP contribution < -0.4 is 9.47 Å². The highest BCUT2D eigenvalue weighted by Gasteiger charge is 2.43. The SMILES string of the molecule is O=C1O[C@H](COC(c2ccccc2)(c2ccccc2)c2ccccc2)C[C@H]1[C@H](O)c1ccc2c(c1)OCO2. The molecule has 0 amide bonds. The lowest BCUT2D eigenvalue weighted by atomic mass is 9.80. The number of aliphatic hydroxyl groups excluding tert-OH is 1. The lowest BCUT2D eigenvalue weighted by Gasteiger charge is -2.36. The minimum atomic E-state index is -1.02. The number of hydrogen-bond acceptors (Lipinski definition) is 6. The summed E-state index contributed by atoms with van der Waals surface area (Å²) >= 11 is 0. The summed E-state index contributed by atoms with van der Waals surface area (Å²) in [6, 6.07) is 35.4. The average molecular weight is 509 g/mol. The van der Waals surface area contributed by atoms with E-state index in [1.165, 1.54) is 0 Å². The summed E-state index contributed by atoms with van der Waals surface area (Å²) < 4.78 is 23.3. The Hall–Kier alpha value is -4.13. The minimum Gasteiger partial charge on any atom is -0.460 e. The quantitative estimate of drug-likeness (QED) is 0.254. The van der Waals surface area contributed by atoms with Crippen LogP contribution in [-0.2, 0) is 19.9 Å². The van der Waals surface area contributed by atoms with Crippen molar-refractivity contribution in [3.05, 3.63) is 131 Å². The van der Waals surface area contributed by atoms with E-state index < -0.39 is 29.7 Å². The van der Waals surface area contributed by atoms with Gasteiger partial charge in [0.05, 0.1) is 18.6 Å². The van der Waals surface area contributed by atoms with Gasteiger partial charge in [-0.05, 0) is 34.4 Å². The smallest absolute Gasteiger partial charge is 0.312 e. The molecule has 1 N–H and O–H groups in total. The van der Waals surface area contributed by atoms with Gasteiger partial charge in [-0.1, -0.05) is 97.1 Å². The fraction of sp³-hybridized carbons (Fsp3) is 0.219. The van der Waals surface area contributed by atoms with E-state index in [4.69, 9.17) is 18.9 Å². The zero-order valence-corrected chi connectivity index (χ0v) is 20.7. The zero-order chi connectivity index (χ0) is 26.0. The fourth-order valence-electron chi connectivity index (χ4n) is 5.36. The van der Waals surface area contributed by atoms with Crippen molar-refractivity contribution in [2.24, 2.45) is 5.92 Å². The van der Waals surface area contributed by atoms with Crippen LogP contribution in [0.25, 0.3) is 0 Å². The number of carbonyl (C=O) groups excluding carboxylic acids is 1. The maximum Gasteiger partial charge on any atom is 0.312 e. The number of benzene rings is 4.